The molecule has 0 aliphatic heterocycles. The zero-order valence-electron chi connectivity index (χ0n) is 7.87. The molecular weight excluding hydrogens is 192 g/mol. The average Bonchev–Trinajstić information content (AvgIpc) is 2.74. The van der Waals surface area contributed by atoms with Gasteiger partial charge in [-0.2, -0.15) is 10.1 Å². The van der Waals surface area contributed by atoms with Crippen molar-refractivity contribution in [2.45, 2.75) is 6.54 Å². The van der Waals surface area contributed by atoms with E-state index in [1.807, 2.05) is 12.1 Å². The molecule has 0 aliphatic carbocycles. The fourth-order valence-electron chi connectivity index (χ4n) is 1.23. The Balaban J connectivity index is 2.14. The van der Waals surface area contributed by atoms with Crippen LogP contribution in [0.15, 0.2) is 41.9 Å². The number of benzene rings is 1. The summed E-state index contributed by atoms with van der Waals surface area (Å²) in [4.78, 5) is 17.4. The van der Waals surface area contributed by atoms with E-state index < -0.39 is 0 Å². The molecule has 0 bridgehead atoms. The molecule has 74 valence electrons. The lowest BCUT2D eigenvalue weighted by Gasteiger charge is -2.00. The van der Waals surface area contributed by atoms with Crippen LogP contribution in [0.5, 0.6) is 0 Å². The lowest BCUT2D eigenvalue weighted by molar-refractivity contribution is 0.565. The van der Waals surface area contributed by atoms with E-state index in [-0.39, 0.29) is 0 Å². The van der Waals surface area contributed by atoms with Crippen LogP contribution in [0.2, 0.25) is 0 Å². The largest absolute Gasteiger partial charge is 0.249 e. The van der Waals surface area contributed by atoms with E-state index in [9.17, 15) is 4.79 Å². The number of isocyanates is 1. The molecule has 2 rings (SSSR count). The van der Waals surface area contributed by atoms with Crippen LogP contribution in [0, 0.1) is 0 Å². The summed E-state index contributed by atoms with van der Waals surface area (Å²) in [6, 6.07) is 7.30. The second-order valence-electron chi connectivity index (χ2n) is 2.96. The highest BCUT2D eigenvalue weighted by molar-refractivity contribution is 5.49. The molecule has 0 atom stereocenters. The van der Waals surface area contributed by atoms with Crippen LogP contribution in [0.1, 0.15) is 5.56 Å². The number of nitrogens with zero attached hydrogens (tertiary/aromatic N) is 4. The molecule has 0 saturated carbocycles. The first-order valence-electron chi connectivity index (χ1n) is 4.38. The highest BCUT2D eigenvalue weighted by Gasteiger charge is 1.95. The lowest BCUT2D eigenvalue weighted by Crippen LogP contribution is -1.99. The Hall–Kier alpha value is -2.26. The van der Waals surface area contributed by atoms with Crippen molar-refractivity contribution in [2.24, 2.45) is 4.99 Å². The minimum Gasteiger partial charge on any atom is -0.249 e. The Morgan fingerprint density at radius 3 is 2.73 bits per heavy atom. The lowest BCUT2D eigenvalue weighted by atomic mass is 10.2. The minimum atomic E-state index is 0.604. The second-order valence-corrected chi connectivity index (χ2v) is 2.96. The third-order valence-electron chi connectivity index (χ3n) is 1.92. The number of hydrogen-bond acceptors (Lipinski definition) is 4. The predicted octanol–water partition coefficient (Wildman–Crippen LogP) is 1.29. The van der Waals surface area contributed by atoms with Gasteiger partial charge in [-0.15, -0.1) is 0 Å². The van der Waals surface area contributed by atoms with E-state index in [0.717, 1.165) is 5.56 Å². The van der Waals surface area contributed by atoms with Crippen LogP contribution in [-0.4, -0.2) is 20.8 Å². The molecule has 0 radical (unpaired) electrons. The van der Waals surface area contributed by atoms with Crippen LogP contribution in [0.3, 0.4) is 0 Å². The molecule has 5 nitrogen and oxygen atoms in total. The standard InChI is InChI=1S/C10H8N4O/c15-8-12-10-3-1-9(2-4-10)5-14-7-11-6-13-14/h1-4,6-7H,5H2. The molecule has 2 aromatic rings. The first-order valence-corrected chi connectivity index (χ1v) is 4.38. The van der Waals surface area contributed by atoms with Crippen molar-refractivity contribution >= 4 is 11.8 Å². The quantitative estimate of drug-likeness (QED) is 0.554. The molecule has 0 saturated heterocycles. The molecule has 0 N–H and O–H groups in total. The van der Waals surface area contributed by atoms with Crippen molar-refractivity contribution in [1.29, 1.82) is 0 Å². The van der Waals surface area contributed by atoms with E-state index in [2.05, 4.69) is 15.1 Å². The third-order valence-corrected chi connectivity index (χ3v) is 1.92. The van der Waals surface area contributed by atoms with Gasteiger partial charge in [-0.3, -0.25) is 0 Å². The molecule has 0 fully saturated rings. The van der Waals surface area contributed by atoms with E-state index in [4.69, 9.17) is 0 Å². The number of aromatic nitrogens is 3. The van der Waals surface area contributed by atoms with Gasteiger partial charge in [0, 0.05) is 0 Å². The van der Waals surface area contributed by atoms with Crippen LogP contribution < -0.4 is 0 Å². The van der Waals surface area contributed by atoms with Gasteiger partial charge < -0.3 is 0 Å². The first kappa shape index (κ1) is 9.30. The number of rotatable bonds is 3. The molecule has 0 aliphatic rings. The maximum absolute atomic E-state index is 10.0. The summed E-state index contributed by atoms with van der Waals surface area (Å²) < 4.78 is 1.72. The molecule has 15 heavy (non-hydrogen) atoms. The highest BCUT2D eigenvalue weighted by Crippen LogP contribution is 2.12. The average molecular weight is 200 g/mol. The summed E-state index contributed by atoms with van der Waals surface area (Å²) in [5, 5.41) is 3.99. The Bertz CT molecular complexity index is 469. The molecule has 0 amide bonds. The van der Waals surface area contributed by atoms with Crippen LogP contribution >= 0.6 is 0 Å². The molecular formula is C10H8N4O. The number of aliphatic imine (C=N–C) groups is 1. The van der Waals surface area contributed by atoms with Gasteiger partial charge in [-0.25, -0.2) is 14.5 Å². The zero-order chi connectivity index (χ0) is 10.5. The van der Waals surface area contributed by atoms with Crippen molar-refractivity contribution in [3.63, 3.8) is 0 Å². The van der Waals surface area contributed by atoms with Crippen LogP contribution in [-0.2, 0) is 11.3 Å². The Morgan fingerprint density at radius 1 is 1.33 bits per heavy atom. The molecule has 1 aromatic heterocycles. The maximum Gasteiger partial charge on any atom is 0.240 e. The summed E-state index contributed by atoms with van der Waals surface area (Å²) in [7, 11) is 0. The van der Waals surface area contributed by atoms with Gasteiger partial charge in [-0.1, -0.05) is 12.1 Å². The van der Waals surface area contributed by atoms with Crippen molar-refractivity contribution in [3.8, 4) is 0 Å². The predicted molar refractivity (Wildman–Crippen MR) is 53.3 cm³/mol. The van der Waals surface area contributed by atoms with Crippen LogP contribution in [0.4, 0.5) is 5.69 Å². The molecule has 1 heterocycles. The Kier molecular flexibility index (Phi) is 2.67. The topological polar surface area (TPSA) is 60.1 Å². The van der Waals surface area contributed by atoms with E-state index in [1.54, 1.807) is 23.1 Å². The molecule has 0 spiro atoms. The summed E-state index contributed by atoms with van der Waals surface area (Å²) in [5.41, 5.74) is 1.68. The van der Waals surface area contributed by atoms with Gasteiger partial charge >= 0.3 is 0 Å². The summed E-state index contributed by atoms with van der Waals surface area (Å²) >= 11 is 0. The zero-order valence-corrected chi connectivity index (χ0v) is 7.87. The maximum atomic E-state index is 10.0. The van der Waals surface area contributed by atoms with E-state index >= 15 is 0 Å². The van der Waals surface area contributed by atoms with Gasteiger partial charge in [0.15, 0.2) is 0 Å². The van der Waals surface area contributed by atoms with E-state index in [1.165, 1.54) is 12.4 Å². The smallest absolute Gasteiger partial charge is 0.240 e. The van der Waals surface area contributed by atoms with Gasteiger partial charge in [0.25, 0.3) is 0 Å². The minimum absolute atomic E-state index is 0.604. The highest BCUT2D eigenvalue weighted by atomic mass is 16.1. The summed E-state index contributed by atoms with van der Waals surface area (Å²) in [5.74, 6) is 0. The Morgan fingerprint density at radius 2 is 2.13 bits per heavy atom. The monoisotopic (exact) mass is 200 g/mol. The number of carbonyl (C=O) groups excluding carboxylic acids is 1. The SMILES string of the molecule is O=C=Nc1ccc(Cn2cncn2)cc1. The van der Waals surface area contributed by atoms with Gasteiger partial charge in [-0.05, 0) is 17.7 Å². The Labute approximate surface area is 86.1 Å². The normalized spacial score (nSPS) is 9.60. The van der Waals surface area contributed by atoms with Crippen molar-refractivity contribution in [2.75, 3.05) is 0 Å². The molecule has 0 unspecified atom stereocenters. The van der Waals surface area contributed by atoms with Crippen LogP contribution in [0.25, 0.3) is 0 Å². The first-order chi connectivity index (χ1) is 7.38. The fraction of sp³-hybridized carbons (Fsp3) is 0.100. The van der Waals surface area contributed by atoms with Crippen molar-refractivity contribution < 1.29 is 4.79 Å². The summed E-state index contributed by atoms with van der Waals surface area (Å²) in [6.45, 7) is 0.658. The number of hydrogen-bond donors (Lipinski definition) is 0. The second kappa shape index (κ2) is 4.30. The van der Waals surface area contributed by atoms with Crippen molar-refractivity contribution in [1.82, 2.24) is 14.8 Å². The summed E-state index contributed by atoms with van der Waals surface area (Å²) in [6.07, 6.45) is 4.64. The third kappa shape index (κ3) is 2.36. The van der Waals surface area contributed by atoms with Gasteiger partial charge in [0.2, 0.25) is 6.08 Å². The van der Waals surface area contributed by atoms with Gasteiger partial charge in [0.1, 0.15) is 12.7 Å². The molecule has 1 aromatic carbocycles. The van der Waals surface area contributed by atoms with Crippen molar-refractivity contribution in [3.05, 3.63) is 42.5 Å². The molecule has 5 heteroatoms. The van der Waals surface area contributed by atoms with E-state index in [0.29, 0.717) is 12.2 Å². The van der Waals surface area contributed by atoms with Gasteiger partial charge in [0.05, 0.1) is 12.2 Å². The fourth-order valence-corrected chi connectivity index (χ4v) is 1.23.